The fourth-order valence-electron chi connectivity index (χ4n) is 3.06. The number of aryl methyl sites for hydroxylation is 1. The topological polar surface area (TPSA) is 59.5 Å². The molecule has 0 amide bonds. The standard InChI is InChI=1S/C19H24N4O2/c1-5-7-20-18-11-19(22-13(2)21-18)23-8-6-14-9-16(24-3)17(25-4)10-15(14)12-23/h5,9-11H,1,6-8,12H2,2-4H3,(H,20,21,22). The first-order valence-electron chi connectivity index (χ1n) is 8.33. The van der Waals surface area contributed by atoms with Crippen LogP contribution in [-0.4, -0.2) is 37.3 Å². The number of ether oxygens (including phenoxy) is 2. The van der Waals surface area contributed by atoms with E-state index in [9.17, 15) is 0 Å². The van der Waals surface area contributed by atoms with Crippen LogP contribution in [0.25, 0.3) is 0 Å². The number of nitrogens with one attached hydrogen (secondary N) is 1. The molecule has 6 nitrogen and oxygen atoms in total. The highest BCUT2D eigenvalue weighted by Gasteiger charge is 2.21. The Kier molecular flexibility index (Phi) is 5.07. The van der Waals surface area contributed by atoms with E-state index >= 15 is 0 Å². The first kappa shape index (κ1) is 17.1. The quantitative estimate of drug-likeness (QED) is 0.816. The molecule has 1 aliphatic rings. The lowest BCUT2D eigenvalue weighted by atomic mass is 9.99. The summed E-state index contributed by atoms with van der Waals surface area (Å²) in [4.78, 5) is 11.3. The Morgan fingerprint density at radius 2 is 1.88 bits per heavy atom. The summed E-state index contributed by atoms with van der Waals surface area (Å²) >= 11 is 0. The molecule has 0 saturated heterocycles. The van der Waals surface area contributed by atoms with Gasteiger partial charge in [0.05, 0.1) is 14.2 Å². The maximum atomic E-state index is 5.44. The van der Waals surface area contributed by atoms with Crippen LogP contribution in [0.4, 0.5) is 11.6 Å². The van der Waals surface area contributed by atoms with E-state index in [1.165, 1.54) is 11.1 Å². The molecule has 0 radical (unpaired) electrons. The van der Waals surface area contributed by atoms with Gasteiger partial charge in [0.1, 0.15) is 17.5 Å². The summed E-state index contributed by atoms with van der Waals surface area (Å²) in [5.74, 6) is 4.04. The van der Waals surface area contributed by atoms with Gasteiger partial charge in [-0.3, -0.25) is 0 Å². The van der Waals surface area contributed by atoms with E-state index in [1.54, 1.807) is 14.2 Å². The van der Waals surface area contributed by atoms with Crippen LogP contribution in [-0.2, 0) is 13.0 Å². The molecule has 2 aromatic rings. The molecular weight excluding hydrogens is 316 g/mol. The van der Waals surface area contributed by atoms with Gasteiger partial charge in [-0.1, -0.05) is 6.08 Å². The SMILES string of the molecule is C=CCNc1cc(N2CCc3cc(OC)c(OC)cc3C2)nc(C)n1. The molecule has 132 valence electrons. The second kappa shape index (κ2) is 7.42. The summed E-state index contributed by atoms with van der Waals surface area (Å²) in [6.07, 6.45) is 2.75. The maximum absolute atomic E-state index is 5.44. The van der Waals surface area contributed by atoms with Gasteiger partial charge in [0.25, 0.3) is 0 Å². The number of hydrogen-bond donors (Lipinski definition) is 1. The Labute approximate surface area is 148 Å². The maximum Gasteiger partial charge on any atom is 0.161 e. The zero-order valence-corrected chi connectivity index (χ0v) is 15.0. The summed E-state index contributed by atoms with van der Waals surface area (Å²) in [5.41, 5.74) is 2.53. The first-order valence-corrected chi connectivity index (χ1v) is 8.33. The van der Waals surface area contributed by atoms with E-state index in [-0.39, 0.29) is 0 Å². The van der Waals surface area contributed by atoms with Crippen LogP contribution < -0.4 is 19.7 Å². The predicted octanol–water partition coefficient (Wildman–Crippen LogP) is 2.96. The number of anilines is 2. The lowest BCUT2D eigenvalue weighted by molar-refractivity contribution is 0.353. The highest BCUT2D eigenvalue weighted by molar-refractivity contribution is 5.54. The van der Waals surface area contributed by atoms with Crippen molar-refractivity contribution in [2.45, 2.75) is 19.9 Å². The van der Waals surface area contributed by atoms with Crippen LogP contribution in [0.1, 0.15) is 17.0 Å². The van der Waals surface area contributed by atoms with Crippen molar-refractivity contribution in [2.24, 2.45) is 0 Å². The van der Waals surface area contributed by atoms with Crippen LogP contribution in [0.5, 0.6) is 11.5 Å². The summed E-state index contributed by atoms with van der Waals surface area (Å²) < 4.78 is 10.8. The van der Waals surface area contributed by atoms with Gasteiger partial charge in [-0.15, -0.1) is 6.58 Å². The number of rotatable bonds is 6. The molecule has 0 aliphatic carbocycles. The normalized spacial score (nSPS) is 13.2. The largest absolute Gasteiger partial charge is 0.493 e. The second-order valence-electron chi connectivity index (χ2n) is 5.98. The molecule has 6 heteroatoms. The van der Waals surface area contributed by atoms with Gasteiger partial charge >= 0.3 is 0 Å². The lowest BCUT2D eigenvalue weighted by Gasteiger charge is -2.30. The molecule has 1 N–H and O–H groups in total. The van der Waals surface area contributed by atoms with E-state index in [0.29, 0.717) is 6.54 Å². The van der Waals surface area contributed by atoms with Crippen LogP contribution in [0, 0.1) is 6.92 Å². The van der Waals surface area contributed by atoms with Crippen molar-refractivity contribution in [3.8, 4) is 11.5 Å². The van der Waals surface area contributed by atoms with Gasteiger partial charge in [0.15, 0.2) is 11.5 Å². The van der Waals surface area contributed by atoms with Crippen LogP contribution >= 0.6 is 0 Å². The average Bonchev–Trinajstić information content (AvgIpc) is 2.64. The van der Waals surface area contributed by atoms with Gasteiger partial charge in [-0.25, -0.2) is 9.97 Å². The van der Waals surface area contributed by atoms with E-state index < -0.39 is 0 Å². The van der Waals surface area contributed by atoms with Gasteiger partial charge < -0.3 is 19.7 Å². The summed E-state index contributed by atoms with van der Waals surface area (Å²) in [5, 5.41) is 3.23. The minimum atomic E-state index is 0.676. The number of nitrogens with zero attached hydrogens (tertiary/aromatic N) is 3. The molecule has 0 fully saturated rings. The number of hydrogen-bond acceptors (Lipinski definition) is 6. The van der Waals surface area contributed by atoms with Crippen molar-refractivity contribution >= 4 is 11.6 Å². The number of benzene rings is 1. The van der Waals surface area contributed by atoms with Crippen LogP contribution in [0.2, 0.25) is 0 Å². The van der Waals surface area contributed by atoms with Gasteiger partial charge in [0, 0.05) is 25.7 Å². The highest BCUT2D eigenvalue weighted by atomic mass is 16.5. The third-order valence-corrected chi connectivity index (χ3v) is 4.29. The fourth-order valence-corrected chi connectivity index (χ4v) is 3.06. The van der Waals surface area contributed by atoms with Crippen molar-refractivity contribution in [2.75, 3.05) is 37.5 Å². The van der Waals surface area contributed by atoms with Crippen molar-refractivity contribution < 1.29 is 9.47 Å². The minimum Gasteiger partial charge on any atom is -0.493 e. The van der Waals surface area contributed by atoms with E-state index in [1.807, 2.05) is 19.1 Å². The van der Waals surface area contributed by atoms with Crippen molar-refractivity contribution in [1.82, 2.24) is 9.97 Å². The molecular formula is C19H24N4O2. The van der Waals surface area contributed by atoms with Gasteiger partial charge in [-0.05, 0) is 36.6 Å². The monoisotopic (exact) mass is 340 g/mol. The fraction of sp³-hybridized carbons (Fsp3) is 0.368. The summed E-state index contributed by atoms with van der Waals surface area (Å²) in [6, 6.07) is 6.13. The zero-order chi connectivity index (χ0) is 17.8. The smallest absolute Gasteiger partial charge is 0.161 e. The van der Waals surface area contributed by atoms with Gasteiger partial charge in [-0.2, -0.15) is 0 Å². The second-order valence-corrected chi connectivity index (χ2v) is 5.98. The first-order chi connectivity index (χ1) is 12.1. The Hall–Kier alpha value is -2.76. The molecule has 25 heavy (non-hydrogen) atoms. The minimum absolute atomic E-state index is 0.676. The Bertz CT molecular complexity index is 776. The zero-order valence-electron chi connectivity index (χ0n) is 15.0. The number of methoxy groups -OCH3 is 2. The molecule has 1 aliphatic heterocycles. The summed E-state index contributed by atoms with van der Waals surface area (Å²) in [7, 11) is 3.33. The predicted molar refractivity (Wildman–Crippen MR) is 99.8 cm³/mol. The summed E-state index contributed by atoms with van der Waals surface area (Å²) in [6.45, 7) is 8.00. The third kappa shape index (κ3) is 3.68. The Morgan fingerprint density at radius 1 is 1.16 bits per heavy atom. The third-order valence-electron chi connectivity index (χ3n) is 4.29. The molecule has 3 rings (SSSR count). The number of aromatic nitrogens is 2. The molecule has 0 unspecified atom stereocenters. The molecule has 0 atom stereocenters. The van der Waals surface area contributed by atoms with E-state index in [0.717, 1.165) is 48.5 Å². The van der Waals surface area contributed by atoms with Crippen molar-refractivity contribution in [1.29, 1.82) is 0 Å². The van der Waals surface area contributed by atoms with E-state index in [2.05, 4.69) is 38.9 Å². The molecule has 0 saturated carbocycles. The molecule has 0 spiro atoms. The highest BCUT2D eigenvalue weighted by Crippen LogP contribution is 2.34. The molecule has 0 bridgehead atoms. The van der Waals surface area contributed by atoms with Crippen LogP contribution in [0.3, 0.4) is 0 Å². The lowest BCUT2D eigenvalue weighted by Crippen LogP contribution is -2.31. The van der Waals surface area contributed by atoms with Gasteiger partial charge in [0.2, 0.25) is 0 Å². The van der Waals surface area contributed by atoms with Crippen molar-refractivity contribution in [3.63, 3.8) is 0 Å². The van der Waals surface area contributed by atoms with Crippen molar-refractivity contribution in [3.05, 3.63) is 47.8 Å². The Balaban J connectivity index is 1.87. The Morgan fingerprint density at radius 3 is 2.56 bits per heavy atom. The molecule has 2 heterocycles. The molecule has 1 aromatic heterocycles. The van der Waals surface area contributed by atoms with Crippen LogP contribution in [0.15, 0.2) is 30.9 Å². The number of fused-ring (bicyclic) bond motifs is 1. The van der Waals surface area contributed by atoms with E-state index in [4.69, 9.17) is 9.47 Å². The average molecular weight is 340 g/mol. The molecule has 1 aromatic carbocycles.